The van der Waals surface area contributed by atoms with E-state index < -0.39 is 22.3 Å². The summed E-state index contributed by atoms with van der Waals surface area (Å²) in [7, 11) is -3.84. The Hall–Kier alpha value is -2.79. The number of alkyl halides is 3. The van der Waals surface area contributed by atoms with Gasteiger partial charge in [0.25, 0.3) is 0 Å². The van der Waals surface area contributed by atoms with Crippen molar-refractivity contribution >= 4 is 21.6 Å². The second kappa shape index (κ2) is 10.7. The minimum Gasteiger partial charge on any atom is -0.492 e. The fourth-order valence-electron chi connectivity index (χ4n) is 2.96. The lowest BCUT2D eigenvalue weighted by atomic mass is 10.1. The first kappa shape index (κ1) is 25.5. The highest BCUT2D eigenvalue weighted by Gasteiger charge is 2.31. The molecule has 2 rings (SSSR count). The van der Waals surface area contributed by atoms with Crippen LogP contribution in [0.3, 0.4) is 0 Å². The highest BCUT2D eigenvalue weighted by molar-refractivity contribution is 7.89. The summed E-state index contributed by atoms with van der Waals surface area (Å²) in [5.41, 5.74) is 0.708. The zero-order chi connectivity index (χ0) is 23.9. The average molecular weight is 475 g/mol. The first-order valence-corrected chi connectivity index (χ1v) is 11.4. The lowest BCUT2D eigenvalue weighted by Gasteiger charge is -2.21. The van der Waals surface area contributed by atoms with Crippen LogP contribution in [0.5, 0.6) is 11.5 Å². The predicted molar refractivity (Wildman–Crippen MR) is 113 cm³/mol. The molecule has 2 aromatic carbocycles. The fourth-order valence-corrected chi connectivity index (χ4v) is 4.58. The van der Waals surface area contributed by atoms with Gasteiger partial charge in [0.1, 0.15) is 16.4 Å². The maximum atomic E-state index is 13.0. The van der Waals surface area contributed by atoms with Crippen LogP contribution in [0.25, 0.3) is 0 Å². The van der Waals surface area contributed by atoms with Gasteiger partial charge in [-0.05, 0) is 42.8 Å². The first-order chi connectivity index (χ1) is 15.0. The molecule has 176 valence electrons. The van der Waals surface area contributed by atoms with Crippen molar-refractivity contribution in [2.75, 3.05) is 25.0 Å². The molecule has 7 nitrogen and oxygen atoms in total. The number of ether oxygens (including phenoxy) is 2. The molecule has 32 heavy (non-hydrogen) atoms. The van der Waals surface area contributed by atoms with E-state index in [9.17, 15) is 26.4 Å². The zero-order valence-electron chi connectivity index (χ0n) is 17.9. The zero-order valence-corrected chi connectivity index (χ0v) is 18.7. The Labute approximate surface area is 185 Å². The fraction of sp³-hybridized carbons (Fsp3) is 0.381. The van der Waals surface area contributed by atoms with Gasteiger partial charge in [0.2, 0.25) is 15.9 Å². The minimum absolute atomic E-state index is 0.0606. The topological polar surface area (TPSA) is 84.9 Å². The van der Waals surface area contributed by atoms with Gasteiger partial charge >= 0.3 is 6.36 Å². The SMILES string of the molecule is CCOc1ccc(NC(=O)Cc2ccc(OC(F)(F)F)cc2)cc1S(=O)(=O)N(CC)CC. The summed E-state index contributed by atoms with van der Waals surface area (Å²) in [6, 6.07) is 9.23. The molecule has 1 amide bonds. The minimum atomic E-state index is -4.80. The Morgan fingerprint density at radius 3 is 2.19 bits per heavy atom. The normalized spacial score (nSPS) is 12.0. The second-order valence-corrected chi connectivity index (χ2v) is 8.51. The third kappa shape index (κ3) is 6.86. The lowest BCUT2D eigenvalue weighted by Crippen LogP contribution is -2.31. The van der Waals surface area contributed by atoms with Gasteiger partial charge in [-0.1, -0.05) is 26.0 Å². The maximum Gasteiger partial charge on any atom is 0.573 e. The number of anilines is 1. The average Bonchev–Trinajstić information content (AvgIpc) is 2.70. The van der Waals surface area contributed by atoms with Crippen molar-refractivity contribution in [1.82, 2.24) is 4.31 Å². The van der Waals surface area contributed by atoms with E-state index in [0.717, 1.165) is 12.1 Å². The molecule has 0 fully saturated rings. The molecule has 0 radical (unpaired) electrons. The molecule has 0 bridgehead atoms. The Bertz CT molecular complexity index is 1020. The molecule has 2 aromatic rings. The number of benzene rings is 2. The van der Waals surface area contributed by atoms with Gasteiger partial charge in [-0.3, -0.25) is 4.79 Å². The third-order valence-electron chi connectivity index (χ3n) is 4.37. The highest BCUT2D eigenvalue weighted by Crippen LogP contribution is 2.30. The van der Waals surface area contributed by atoms with Gasteiger partial charge in [0.05, 0.1) is 13.0 Å². The van der Waals surface area contributed by atoms with Gasteiger partial charge in [-0.2, -0.15) is 4.31 Å². The van der Waals surface area contributed by atoms with E-state index in [4.69, 9.17) is 4.74 Å². The monoisotopic (exact) mass is 474 g/mol. The van der Waals surface area contributed by atoms with E-state index in [-0.39, 0.29) is 48.2 Å². The van der Waals surface area contributed by atoms with Crippen molar-refractivity contribution in [2.45, 2.75) is 38.4 Å². The van der Waals surface area contributed by atoms with Gasteiger partial charge in [-0.25, -0.2) is 8.42 Å². The molecule has 11 heteroatoms. The van der Waals surface area contributed by atoms with Gasteiger partial charge < -0.3 is 14.8 Å². The van der Waals surface area contributed by atoms with Crippen LogP contribution in [0.15, 0.2) is 47.4 Å². The number of hydrogen-bond donors (Lipinski definition) is 1. The summed E-state index contributed by atoms with van der Waals surface area (Å²) in [4.78, 5) is 12.3. The number of carbonyl (C=O) groups excluding carboxylic acids is 1. The molecule has 0 saturated heterocycles. The number of nitrogens with zero attached hydrogens (tertiary/aromatic N) is 1. The molecule has 0 atom stereocenters. The number of sulfonamides is 1. The summed E-state index contributed by atoms with van der Waals surface area (Å²) < 4.78 is 73.2. The Kier molecular flexibility index (Phi) is 8.51. The Balaban J connectivity index is 2.19. The van der Waals surface area contributed by atoms with Crippen molar-refractivity contribution in [3.8, 4) is 11.5 Å². The van der Waals surface area contributed by atoms with E-state index >= 15 is 0 Å². The molecular formula is C21H25F3N2O5S. The molecular weight excluding hydrogens is 449 g/mol. The summed E-state index contributed by atoms with van der Waals surface area (Å²) in [6.07, 6.45) is -4.92. The predicted octanol–water partition coefficient (Wildman–Crippen LogP) is 4.20. The molecule has 0 aliphatic rings. The molecule has 0 aromatic heterocycles. The Morgan fingerprint density at radius 1 is 1.03 bits per heavy atom. The standard InChI is InChI=1S/C21H25F3N2O5S/c1-4-26(5-2)32(28,29)19-14-16(9-12-18(19)30-6-3)25-20(27)13-15-7-10-17(11-8-15)31-21(22,23)24/h7-12,14H,4-6,13H2,1-3H3,(H,25,27). The van der Waals surface area contributed by atoms with Crippen molar-refractivity contribution < 1.29 is 35.9 Å². The molecule has 0 aliphatic carbocycles. The molecule has 0 unspecified atom stereocenters. The van der Waals surface area contributed by atoms with Crippen LogP contribution < -0.4 is 14.8 Å². The molecule has 0 aliphatic heterocycles. The van der Waals surface area contributed by atoms with Crippen LogP contribution in [0, 0.1) is 0 Å². The van der Waals surface area contributed by atoms with Crippen LogP contribution in [0.4, 0.5) is 18.9 Å². The van der Waals surface area contributed by atoms with Crippen molar-refractivity contribution in [3.63, 3.8) is 0 Å². The van der Waals surface area contributed by atoms with Crippen LogP contribution in [-0.2, 0) is 21.2 Å². The van der Waals surface area contributed by atoms with Crippen LogP contribution in [-0.4, -0.2) is 44.7 Å². The summed E-state index contributed by atoms with van der Waals surface area (Å²) >= 11 is 0. The second-order valence-electron chi connectivity index (χ2n) is 6.60. The van der Waals surface area contributed by atoms with Crippen molar-refractivity contribution in [2.24, 2.45) is 0 Å². The smallest absolute Gasteiger partial charge is 0.492 e. The number of nitrogens with one attached hydrogen (secondary N) is 1. The number of halogens is 3. The number of rotatable bonds is 10. The van der Waals surface area contributed by atoms with Crippen LogP contribution in [0.1, 0.15) is 26.3 Å². The van der Waals surface area contributed by atoms with E-state index in [1.807, 2.05) is 0 Å². The quantitative estimate of drug-likeness (QED) is 0.558. The Morgan fingerprint density at radius 2 is 1.66 bits per heavy atom. The van der Waals surface area contributed by atoms with Gasteiger partial charge in [0, 0.05) is 18.8 Å². The molecule has 0 heterocycles. The van der Waals surface area contributed by atoms with E-state index in [1.165, 1.54) is 34.6 Å². The first-order valence-electron chi connectivity index (χ1n) is 9.91. The van der Waals surface area contributed by atoms with E-state index in [0.29, 0.717) is 5.56 Å². The van der Waals surface area contributed by atoms with E-state index in [2.05, 4.69) is 10.1 Å². The molecule has 0 saturated carbocycles. The number of carbonyl (C=O) groups is 1. The third-order valence-corrected chi connectivity index (χ3v) is 6.44. The summed E-state index contributed by atoms with van der Waals surface area (Å²) in [6.45, 7) is 5.98. The molecule has 1 N–H and O–H groups in total. The molecule has 0 spiro atoms. The number of hydrogen-bond acceptors (Lipinski definition) is 5. The van der Waals surface area contributed by atoms with Crippen molar-refractivity contribution in [3.05, 3.63) is 48.0 Å². The number of amides is 1. The highest BCUT2D eigenvalue weighted by atomic mass is 32.2. The van der Waals surface area contributed by atoms with Crippen LogP contribution >= 0.6 is 0 Å². The van der Waals surface area contributed by atoms with E-state index in [1.54, 1.807) is 20.8 Å². The summed E-state index contributed by atoms with van der Waals surface area (Å²) in [5.74, 6) is -0.679. The van der Waals surface area contributed by atoms with Gasteiger partial charge in [-0.15, -0.1) is 13.2 Å². The van der Waals surface area contributed by atoms with Crippen LogP contribution in [0.2, 0.25) is 0 Å². The van der Waals surface area contributed by atoms with Gasteiger partial charge in [0.15, 0.2) is 0 Å². The lowest BCUT2D eigenvalue weighted by molar-refractivity contribution is -0.274. The largest absolute Gasteiger partial charge is 0.573 e. The maximum absolute atomic E-state index is 13.0. The van der Waals surface area contributed by atoms with Crippen molar-refractivity contribution in [1.29, 1.82) is 0 Å². The summed E-state index contributed by atoms with van der Waals surface area (Å²) in [5, 5.41) is 2.61.